The Bertz CT molecular complexity index is 400. The van der Waals surface area contributed by atoms with Gasteiger partial charge in [0.15, 0.2) is 5.84 Å². The third kappa shape index (κ3) is 2.39. The monoisotopic (exact) mass is 217 g/mol. The normalized spacial score (nSPS) is 16.2. The van der Waals surface area contributed by atoms with Gasteiger partial charge in [0.05, 0.1) is 12.6 Å². The Labute approximate surface area is 94.8 Å². The first-order valence-corrected chi connectivity index (χ1v) is 5.41. The van der Waals surface area contributed by atoms with Crippen LogP contribution in [0.1, 0.15) is 18.5 Å². The maximum Gasteiger partial charge on any atom is 0.286 e. The fourth-order valence-electron chi connectivity index (χ4n) is 1.64. The van der Waals surface area contributed by atoms with Crippen molar-refractivity contribution >= 4 is 11.7 Å². The highest BCUT2D eigenvalue weighted by Gasteiger charge is 2.16. The molecule has 84 valence electrons. The molecule has 2 N–H and O–H groups in total. The van der Waals surface area contributed by atoms with Crippen molar-refractivity contribution in [3.8, 4) is 0 Å². The lowest BCUT2D eigenvalue weighted by atomic mass is 10.1. The molecule has 16 heavy (non-hydrogen) atoms. The Morgan fingerprint density at radius 2 is 2.19 bits per heavy atom. The molecule has 0 saturated heterocycles. The number of benzene rings is 1. The average Bonchev–Trinajstić information content (AvgIpc) is 2.83. The highest BCUT2D eigenvalue weighted by atomic mass is 16.2. The van der Waals surface area contributed by atoms with Crippen LogP contribution >= 0.6 is 0 Å². The van der Waals surface area contributed by atoms with Gasteiger partial charge in [-0.15, -0.1) is 0 Å². The topological polar surface area (TPSA) is 53.5 Å². The molecule has 1 aliphatic rings. The number of amides is 1. The van der Waals surface area contributed by atoms with Gasteiger partial charge in [-0.1, -0.05) is 30.3 Å². The van der Waals surface area contributed by atoms with Crippen LogP contribution in [0.25, 0.3) is 0 Å². The number of hydrogen-bond donors (Lipinski definition) is 2. The lowest BCUT2D eigenvalue weighted by Gasteiger charge is -2.14. The van der Waals surface area contributed by atoms with E-state index in [4.69, 9.17) is 0 Å². The molecular formula is C12H15N3O. The first-order chi connectivity index (χ1) is 7.77. The summed E-state index contributed by atoms with van der Waals surface area (Å²) in [5.41, 5.74) is 1.09. The van der Waals surface area contributed by atoms with Gasteiger partial charge >= 0.3 is 0 Å². The largest absolute Gasteiger partial charge is 0.364 e. The molecule has 4 nitrogen and oxygen atoms in total. The number of carbonyl (C=O) groups excluding carboxylic acids is 1. The molecule has 1 aromatic carbocycles. The van der Waals surface area contributed by atoms with Crippen molar-refractivity contribution in [2.45, 2.75) is 13.0 Å². The van der Waals surface area contributed by atoms with Gasteiger partial charge in [0.25, 0.3) is 5.91 Å². The molecule has 0 aliphatic carbocycles. The summed E-state index contributed by atoms with van der Waals surface area (Å²) in [6, 6.07) is 9.87. The van der Waals surface area contributed by atoms with E-state index in [0.29, 0.717) is 12.4 Å². The second-order valence-electron chi connectivity index (χ2n) is 3.76. The molecular weight excluding hydrogens is 202 g/mol. The van der Waals surface area contributed by atoms with Gasteiger partial charge in [0.1, 0.15) is 0 Å². The molecule has 0 saturated carbocycles. The fourth-order valence-corrected chi connectivity index (χ4v) is 1.64. The lowest BCUT2D eigenvalue weighted by molar-refractivity contribution is -0.115. The second kappa shape index (κ2) is 4.79. The van der Waals surface area contributed by atoms with Crippen LogP contribution in [0.5, 0.6) is 0 Å². The molecule has 0 spiro atoms. The summed E-state index contributed by atoms with van der Waals surface area (Å²) in [6.45, 7) is 3.40. The minimum absolute atomic E-state index is 0.00111. The predicted octanol–water partition coefficient (Wildman–Crippen LogP) is 0.865. The van der Waals surface area contributed by atoms with Gasteiger partial charge in [-0.05, 0) is 12.5 Å². The zero-order valence-corrected chi connectivity index (χ0v) is 9.23. The van der Waals surface area contributed by atoms with Crippen LogP contribution in [0.4, 0.5) is 0 Å². The van der Waals surface area contributed by atoms with E-state index in [9.17, 15) is 4.79 Å². The summed E-state index contributed by atoms with van der Waals surface area (Å²) in [7, 11) is 0. The van der Waals surface area contributed by atoms with Crippen molar-refractivity contribution in [1.29, 1.82) is 0 Å². The maximum absolute atomic E-state index is 11.7. The number of carbonyl (C=O) groups is 1. The molecule has 1 amide bonds. The molecule has 4 heteroatoms. The third-order valence-corrected chi connectivity index (χ3v) is 2.54. The molecule has 0 aromatic heterocycles. The van der Waals surface area contributed by atoms with Gasteiger partial charge < -0.3 is 10.6 Å². The van der Waals surface area contributed by atoms with Crippen molar-refractivity contribution in [2.75, 3.05) is 13.1 Å². The van der Waals surface area contributed by atoms with E-state index in [-0.39, 0.29) is 11.9 Å². The molecule has 1 aliphatic heterocycles. The summed E-state index contributed by atoms with van der Waals surface area (Å²) in [4.78, 5) is 15.8. The van der Waals surface area contributed by atoms with Crippen LogP contribution in [0.3, 0.4) is 0 Å². The smallest absolute Gasteiger partial charge is 0.286 e. The zero-order chi connectivity index (χ0) is 11.4. The van der Waals surface area contributed by atoms with E-state index in [2.05, 4.69) is 15.6 Å². The average molecular weight is 217 g/mol. The Balaban J connectivity index is 1.97. The standard InChI is InChI=1S/C12H15N3O/c1-9(10-5-3-2-4-6-10)15-12(16)11-13-7-8-14-11/h2-6,9H,7-8H2,1H3,(H,13,14)(H,15,16). The van der Waals surface area contributed by atoms with Gasteiger partial charge in [-0.3, -0.25) is 9.79 Å². The van der Waals surface area contributed by atoms with Crippen molar-refractivity contribution in [3.05, 3.63) is 35.9 Å². The molecule has 0 bridgehead atoms. The molecule has 1 unspecified atom stereocenters. The SMILES string of the molecule is CC(NC(=O)C1=NCCN1)c1ccccc1. The van der Waals surface area contributed by atoms with E-state index < -0.39 is 0 Å². The zero-order valence-electron chi connectivity index (χ0n) is 9.23. The number of aliphatic imine (C=N–C) groups is 1. The Morgan fingerprint density at radius 1 is 1.44 bits per heavy atom. The molecule has 1 aromatic rings. The minimum atomic E-state index is -0.131. The van der Waals surface area contributed by atoms with Crippen LogP contribution in [-0.4, -0.2) is 24.8 Å². The van der Waals surface area contributed by atoms with Crippen LogP contribution in [0.2, 0.25) is 0 Å². The quantitative estimate of drug-likeness (QED) is 0.789. The number of nitrogens with one attached hydrogen (secondary N) is 2. The fraction of sp³-hybridized carbons (Fsp3) is 0.333. The first-order valence-electron chi connectivity index (χ1n) is 5.41. The van der Waals surface area contributed by atoms with E-state index in [0.717, 1.165) is 12.1 Å². The summed E-state index contributed by atoms with van der Waals surface area (Å²) in [5, 5.41) is 5.86. The van der Waals surface area contributed by atoms with Crippen molar-refractivity contribution in [2.24, 2.45) is 4.99 Å². The van der Waals surface area contributed by atoms with E-state index >= 15 is 0 Å². The van der Waals surface area contributed by atoms with Gasteiger partial charge in [0.2, 0.25) is 0 Å². The van der Waals surface area contributed by atoms with Gasteiger partial charge in [-0.2, -0.15) is 0 Å². The molecule has 1 atom stereocenters. The van der Waals surface area contributed by atoms with Crippen LogP contribution < -0.4 is 10.6 Å². The van der Waals surface area contributed by atoms with Crippen LogP contribution in [0, 0.1) is 0 Å². The van der Waals surface area contributed by atoms with Gasteiger partial charge in [-0.25, -0.2) is 0 Å². The highest BCUT2D eigenvalue weighted by Crippen LogP contribution is 2.10. The Hall–Kier alpha value is -1.84. The predicted molar refractivity (Wildman–Crippen MR) is 63.3 cm³/mol. The van der Waals surface area contributed by atoms with Crippen molar-refractivity contribution in [3.63, 3.8) is 0 Å². The van der Waals surface area contributed by atoms with Crippen LogP contribution in [-0.2, 0) is 4.79 Å². The summed E-state index contributed by atoms with van der Waals surface area (Å²) < 4.78 is 0. The highest BCUT2D eigenvalue weighted by molar-refractivity contribution is 6.38. The number of amidine groups is 1. The molecule has 0 radical (unpaired) electrons. The van der Waals surface area contributed by atoms with E-state index in [1.54, 1.807) is 0 Å². The second-order valence-corrected chi connectivity index (χ2v) is 3.76. The third-order valence-electron chi connectivity index (χ3n) is 2.54. The van der Waals surface area contributed by atoms with Crippen molar-refractivity contribution in [1.82, 2.24) is 10.6 Å². The Kier molecular flexibility index (Phi) is 3.19. The van der Waals surface area contributed by atoms with E-state index in [1.807, 2.05) is 37.3 Å². The number of rotatable bonds is 3. The molecule has 0 fully saturated rings. The minimum Gasteiger partial charge on any atom is -0.364 e. The van der Waals surface area contributed by atoms with Gasteiger partial charge in [0, 0.05) is 6.54 Å². The maximum atomic E-state index is 11.7. The molecule has 1 heterocycles. The number of nitrogens with zero attached hydrogens (tertiary/aromatic N) is 1. The summed E-state index contributed by atoms with van der Waals surface area (Å²) in [6.07, 6.45) is 0. The van der Waals surface area contributed by atoms with E-state index in [1.165, 1.54) is 0 Å². The summed E-state index contributed by atoms with van der Waals surface area (Å²) >= 11 is 0. The first kappa shape index (κ1) is 10.7. The summed E-state index contributed by atoms with van der Waals surface area (Å²) in [5.74, 6) is 0.316. The number of hydrogen-bond acceptors (Lipinski definition) is 3. The van der Waals surface area contributed by atoms with Crippen LogP contribution in [0.15, 0.2) is 35.3 Å². The lowest BCUT2D eigenvalue weighted by Crippen LogP contribution is -2.38. The van der Waals surface area contributed by atoms with Crippen molar-refractivity contribution < 1.29 is 4.79 Å². The molecule has 2 rings (SSSR count). The Morgan fingerprint density at radius 3 is 2.81 bits per heavy atom.